The van der Waals surface area contributed by atoms with Gasteiger partial charge in [-0.2, -0.15) is 0 Å². The lowest BCUT2D eigenvalue weighted by molar-refractivity contribution is -0.117. The van der Waals surface area contributed by atoms with Crippen LogP contribution in [0, 0.1) is 6.92 Å². The number of hydrogen-bond donors (Lipinski definition) is 1. The summed E-state index contributed by atoms with van der Waals surface area (Å²) in [7, 11) is 0. The number of carbonyl (C=O) groups is 1. The lowest BCUT2D eigenvalue weighted by Crippen LogP contribution is -2.48. The topological polar surface area (TPSA) is 51.7 Å². The van der Waals surface area contributed by atoms with E-state index in [4.69, 9.17) is 0 Å². The molecule has 148 valence electrons. The summed E-state index contributed by atoms with van der Waals surface area (Å²) in [4.78, 5) is 23.9. The van der Waals surface area contributed by atoms with Crippen molar-refractivity contribution in [3.8, 4) is 0 Å². The Kier molecular flexibility index (Phi) is 5.76. The molecule has 0 aliphatic carbocycles. The van der Waals surface area contributed by atoms with Crippen LogP contribution in [0.5, 0.6) is 0 Å². The Hall–Kier alpha value is -2.60. The minimum atomic E-state index is 0.0586. The smallest absolute Gasteiger partial charge is 0.238 e. The van der Waals surface area contributed by atoms with E-state index in [1.165, 1.54) is 18.5 Å². The molecule has 0 unspecified atom stereocenters. The van der Waals surface area contributed by atoms with Crippen LogP contribution in [0.3, 0.4) is 0 Å². The van der Waals surface area contributed by atoms with Gasteiger partial charge in [0.2, 0.25) is 5.91 Å². The highest BCUT2D eigenvalue weighted by Gasteiger charge is 2.20. The number of aryl methyl sites for hydroxylation is 1. The van der Waals surface area contributed by atoms with Gasteiger partial charge in [0.15, 0.2) is 0 Å². The molecule has 6 nitrogen and oxygen atoms in total. The quantitative estimate of drug-likeness (QED) is 0.866. The van der Waals surface area contributed by atoms with Crippen LogP contribution in [-0.2, 0) is 4.79 Å². The lowest BCUT2D eigenvalue weighted by atomic mass is 10.1. The van der Waals surface area contributed by atoms with Gasteiger partial charge in [-0.25, -0.2) is 4.98 Å². The van der Waals surface area contributed by atoms with Gasteiger partial charge < -0.3 is 15.1 Å². The molecule has 0 atom stereocenters. The third-order valence-electron chi connectivity index (χ3n) is 5.67. The second kappa shape index (κ2) is 8.61. The lowest BCUT2D eigenvalue weighted by Gasteiger charge is -2.35. The molecule has 0 spiro atoms. The summed E-state index contributed by atoms with van der Waals surface area (Å²) in [5, 5.41) is 3.09. The van der Waals surface area contributed by atoms with E-state index in [0.29, 0.717) is 6.54 Å². The number of carbonyl (C=O) groups excluding carboxylic acids is 1. The van der Waals surface area contributed by atoms with Crippen molar-refractivity contribution in [3.05, 3.63) is 48.2 Å². The Morgan fingerprint density at radius 2 is 1.79 bits per heavy atom. The molecule has 3 heterocycles. The molecule has 0 radical (unpaired) electrons. The number of nitrogens with one attached hydrogen (secondary N) is 1. The van der Waals surface area contributed by atoms with Gasteiger partial charge in [0.1, 0.15) is 5.82 Å². The fraction of sp³-hybridized carbons (Fsp3) is 0.455. The third-order valence-corrected chi connectivity index (χ3v) is 5.67. The molecule has 1 aromatic heterocycles. The first kappa shape index (κ1) is 18.7. The molecule has 0 saturated carbocycles. The van der Waals surface area contributed by atoms with Crippen LogP contribution in [0.1, 0.15) is 18.4 Å². The van der Waals surface area contributed by atoms with Gasteiger partial charge in [0, 0.05) is 56.8 Å². The number of hydrogen-bond acceptors (Lipinski definition) is 5. The van der Waals surface area contributed by atoms with Crippen molar-refractivity contribution in [1.29, 1.82) is 0 Å². The highest BCUT2D eigenvalue weighted by Crippen LogP contribution is 2.25. The second-order valence-corrected chi connectivity index (χ2v) is 7.69. The first-order chi connectivity index (χ1) is 13.7. The summed E-state index contributed by atoms with van der Waals surface area (Å²) < 4.78 is 0. The van der Waals surface area contributed by atoms with Crippen LogP contribution in [0.15, 0.2) is 42.6 Å². The van der Waals surface area contributed by atoms with E-state index in [0.717, 1.165) is 56.3 Å². The molecule has 2 fully saturated rings. The fourth-order valence-corrected chi connectivity index (χ4v) is 4.03. The molecule has 4 rings (SSSR count). The number of amides is 1. The van der Waals surface area contributed by atoms with Crippen LogP contribution in [0.2, 0.25) is 0 Å². The molecule has 2 aromatic rings. The van der Waals surface area contributed by atoms with Crippen LogP contribution < -0.4 is 15.1 Å². The summed E-state index contributed by atoms with van der Waals surface area (Å²) in [6, 6.07) is 12.3. The molecule has 2 aliphatic rings. The fourth-order valence-electron chi connectivity index (χ4n) is 4.03. The predicted octanol–water partition coefficient (Wildman–Crippen LogP) is 2.75. The van der Waals surface area contributed by atoms with Crippen LogP contribution in [0.25, 0.3) is 0 Å². The Morgan fingerprint density at radius 1 is 1.00 bits per heavy atom. The molecule has 1 amide bonds. The van der Waals surface area contributed by atoms with Crippen LogP contribution >= 0.6 is 0 Å². The maximum atomic E-state index is 12.5. The minimum absolute atomic E-state index is 0.0586. The Balaban J connectivity index is 1.28. The molecule has 28 heavy (non-hydrogen) atoms. The largest absolute Gasteiger partial charge is 0.372 e. The van der Waals surface area contributed by atoms with E-state index in [1.54, 1.807) is 0 Å². The van der Waals surface area contributed by atoms with Gasteiger partial charge >= 0.3 is 0 Å². The summed E-state index contributed by atoms with van der Waals surface area (Å²) in [5.41, 5.74) is 3.30. The van der Waals surface area contributed by atoms with Gasteiger partial charge in [0.05, 0.1) is 6.54 Å². The van der Waals surface area contributed by atoms with Gasteiger partial charge in [0.25, 0.3) is 0 Å². The highest BCUT2D eigenvalue weighted by molar-refractivity contribution is 5.93. The molecular formula is C22H29N5O. The first-order valence-electron chi connectivity index (χ1n) is 10.2. The van der Waals surface area contributed by atoms with E-state index in [9.17, 15) is 4.79 Å². The molecule has 1 aromatic carbocycles. The average molecular weight is 380 g/mol. The average Bonchev–Trinajstić information content (AvgIpc) is 3.26. The first-order valence-corrected chi connectivity index (χ1v) is 10.2. The van der Waals surface area contributed by atoms with Gasteiger partial charge in [-0.05, 0) is 55.7 Å². The molecule has 6 heteroatoms. The van der Waals surface area contributed by atoms with Crippen molar-refractivity contribution in [2.24, 2.45) is 0 Å². The standard InChI is InChI=1S/C22H29N5O/c1-18-16-19(26-10-4-5-11-26)7-8-20(18)24-22(28)17-25-12-14-27(15-13-25)21-6-2-3-9-23-21/h2-3,6-9,16H,4-5,10-15,17H2,1H3,(H,24,28). The van der Waals surface area contributed by atoms with Crippen molar-refractivity contribution in [3.63, 3.8) is 0 Å². The minimum Gasteiger partial charge on any atom is -0.372 e. The van der Waals surface area contributed by atoms with Crippen molar-refractivity contribution in [1.82, 2.24) is 9.88 Å². The second-order valence-electron chi connectivity index (χ2n) is 7.69. The van der Waals surface area contributed by atoms with Gasteiger partial charge in [-0.15, -0.1) is 0 Å². The molecule has 2 aliphatic heterocycles. The predicted molar refractivity (Wildman–Crippen MR) is 114 cm³/mol. The third kappa shape index (κ3) is 4.44. The van der Waals surface area contributed by atoms with Gasteiger partial charge in [-0.1, -0.05) is 6.07 Å². The number of aromatic nitrogens is 1. The summed E-state index contributed by atoms with van der Waals surface area (Å²) in [5.74, 6) is 1.07. The summed E-state index contributed by atoms with van der Waals surface area (Å²) in [6.07, 6.45) is 4.36. The summed E-state index contributed by atoms with van der Waals surface area (Å²) >= 11 is 0. The highest BCUT2D eigenvalue weighted by atomic mass is 16.2. The number of anilines is 3. The zero-order chi connectivity index (χ0) is 19.3. The number of rotatable bonds is 5. The maximum absolute atomic E-state index is 12.5. The van der Waals surface area contributed by atoms with Crippen molar-refractivity contribution in [2.45, 2.75) is 19.8 Å². The number of benzene rings is 1. The van der Waals surface area contributed by atoms with E-state index in [1.807, 2.05) is 30.5 Å². The van der Waals surface area contributed by atoms with Crippen molar-refractivity contribution in [2.75, 3.05) is 60.9 Å². The van der Waals surface area contributed by atoms with Crippen molar-refractivity contribution < 1.29 is 4.79 Å². The zero-order valence-corrected chi connectivity index (χ0v) is 16.6. The Morgan fingerprint density at radius 3 is 2.46 bits per heavy atom. The number of nitrogens with zero attached hydrogens (tertiary/aromatic N) is 4. The van der Waals surface area contributed by atoms with Crippen LogP contribution in [0.4, 0.5) is 17.2 Å². The monoisotopic (exact) mass is 379 g/mol. The molecule has 2 saturated heterocycles. The van der Waals surface area contributed by atoms with E-state index in [-0.39, 0.29) is 5.91 Å². The van der Waals surface area contributed by atoms with Gasteiger partial charge in [-0.3, -0.25) is 9.69 Å². The summed E-state index contributed by atoms with van der Waals surface area (Å²) in [6.45, 7) is 8.31. The normalized spacial score (nSPS) is 17.8. The number of piperazine rings is 1. The van der Waals surface area contributed by atoms with Crippen LogP contribution in [-0.4, -0.2) is 61.6 Å². The zero-order valence-electron chi connectivity index (χ0n) is 16.6. The van der Waals surface area contributed by atoms with E-state index in [2.05, 4.69) is 44.1 Å². The molecule has 1 N–H and O–H groups in total. The Labute approximate surface area is 167 Å². The molecule has 0 bridgehead atoms. The molecular weight excluding hydrogens is 350 g/mol. The van der Waals surface area contributed by atoms with Crippen molar-refractivity contribution >= 4 is 23.1 Å². The SMILES string of the molecule is Cc1cc(N2CCCC2)ccc1NC(=O)CN1CCN(c2ccccn2)CC1. The Bertz CT molecular complexity index is 796. The van der Waals surface area contributed by atoms with E-state index >= 15 is 0 Å². The number of pyridine rings is 1. The maximum Gasteiger partial charge on any atom is 0.238 e. The van der Waals surface area contributed by atoms with E-state index < -0.39 is 0 Å².